The smallest absolute Gasteiger partial charge is 0.206 e. The molecule has 0 fully saturated rings. The van der Waals surface area contributed by atoms with E-state index in [1.54, 1.807) is 0 Å². The normalized spacial score (nSPS) is 12.0. The minimum absolute atomic E-state index is 0.164. The van der Waals surface area contributed by atoms with Crippen LogP contribution in [0.25, 0.3) is 0 Å². The highest BCUT2D eigenvalue weighted by molar-refractivity contribution is 8.24. The first-order valence-corrected chi connectivity index (χ1v) is 6.93. The van der Waals surface area contributed by atoms with Crippen LogP contribution in [-0.4, -0.2) is 19.2 Å². The van der Waals surface area contributed by atoms with E-state index in [2.05, 4.69) is 0 Å². The maximum absolute atomic E-state index is 11.7. The van der Waals surface area contributed by atoms with Crippen LogP contribution in [0, 0.1) is 0 Å². The number of hydrogen-bond acceptors (Lipinski definition) is 3. The van der Waals surface area contributed by atoms with Crippen LogP contribution in [0.15, 0.2) is 29.2 Å². The van der Waals surface area contributed by atoms with E-state index in [0.717, 1.165) is 3.71 Å². The minimum Gasteiger partial charge on any atom is -0.206 e. The summed E-state index contributed by atoms with van der Waals surface area (Å²) in [5, 5.41) is 0.491. The second-order valence-electron chi connectivity index (χ2n) is 2.44. The van der Waals surface area contributed by atoms with Gasteiger partial charge in [0.15, 0.2) is 0 Å². The Morgan fingerprint density at radius 3 is 2.21 bits per heavy atom. The van der Waals surface area contributed by atoms with Crippen LogP contribution in [0.5, 0.6) is 0 Å². The first kappa shape index (κ1) is 12.1. The minimum atomic E-state index is -3.50. The Hall–Kier alpha value is 0.0600. The fraction of sp³-hybridized carbons (Fsp3) is 0.143. The molecule has 0 heterocycles. The SMILES string of the molecule is CN(SCl)S(=O)(=O)c1ccc(Cl)cc1. The summed E-state index contributed by atoms with van der Waals surface area (Å²) in [6.45, 7) is 0. The molecule has 0 N–H and O–H groups in total. The van der Waals surface area contributed by atoms with E-state index in [4.69, 9.17) is 22.3 Å². The first-order chi connectivity index (χ1) is 6.48. The van der Waals surface area contributed by atoms with Gasteiger partial charge in [0.05, 0.1) is 4.90 Å². The molecule has 0 unspecified atom stereocenters. The second-order valence-corrected chi connectivity index (χ2v) is 6.17. The summed E-state index contributed by atoms with van der Waals surface area (Å²) in [7, 11) is 3.23. The molecule has 0 aromatic heterocycles. The zero-order valence-corrected chi connectivity index (χ0v) is 10.3. The lowest BCUT2D eigenvalue weighted by atomic mass is 10.4. The lowest BCUT2D eigenvalue weighted by molar-refractivity contribution is 0.565. The van der Waals surface area contributed by atoms with Crippen LogP contribution in [0.4, 0.5) is 0 Å². The molecule has 0 aliphatic rings. The summed E-state index contributed by atoms with van der Waals surface area (Å²) < 4.78 is 24.3. The van der Waals surface area contributed by atoms with E-state index in [0.29, 0.717) is 16.2 Å². The summed E-state index contributed by atoms with van der Waals surface area (Å²) in [5.41, 5.74) is 0. The lowest BCUT2D eigenvalue weighted by Gasteiger charge is -2.11. The zero-order valence-electron chi connectivity index (χ0n) is 7.15. The lowest BCUT2D eigenvalue weighted by Crippen LogP contribution is -2.18. The van der Waals surface area contributed by atoms with Crippen molar-refractivity contribution in [3.8, 4) is 0 Å². The molecule has 0 spiro atoms. The van der Waals surface area contributed by atoms with E-state index >= 15 is 0 Å². The quantitative estimate of drug-likeness (QED) is 0.794. The molecule has 0 radical (unpaired) electrons. The number of benzene rings is 1. The molecule has 0 aliphatic carbocycles. The summed E-state index contributed by atoms with van der Waals surface area (Å²) in [6, 6.07) is 5.89. The van der Waals surface area contributed by atoms with Crippen molar-refractivity contribution in [2.75, 3.05) is 7.05 Å². The molecule has 1 rings (SSSR count). The third kappa shape index (κ3) is 2.55. The highest BCUT2D eigenvalue weighted by Gasteiger charge is 2.20. The molecular formula is C7H7Cl2NO2S2. The third-order valence-corrected chi connectivity index (χ3v) is 5.22. The van der Waals surface area contributed by atoms with Gasteiger partial charge in [-0.15, -0.1) is 3.71 Å². The van der Waals surface area contributed by atoms with Gasteiger partial charge in [-0.25, -0.2) is 8.42 Å². The topological polar surface area (TPSA) is 37.4 Å². The number of hydrogen-bond donors (Lipinski definition) is 0. The van der Waals surface area contributed by atoms with E-state index in [-0.39, 0.29) is 4.90 Å². The Bertz CT molecular complexity index is 404. The molecule has 78 valence electrons. The van der Waals surface area contributed by atoms with Crippen molar-refractivity contribution < 1.29 is 8.42 Å². The molecular weight excluding hydrogens is 265 g/mol. The van der Waals surface area contributed by atoms with Crippen molar-refractivity contribution in [2.45, 2.75) is 4.90 Å². The summed E-state index contributed by atoms with van der Waals surface area (Å²) in [5.74, 6) is 0. The van der Waals surface area contributed by atoms with Gasteiger partial charge in [0.2, 0.25) is 0 Å². The molecule has 0 saturated heterocycles. The predicted molar refractivity (Wildman–Crippen MR) is 59.8 cm³/mol. The van der Waals surface area contributed by atoms with Gasteiger partial charge < -0.3 is 0 Å². The highest BCUT2D eigenvalue weighted by Crippen LogP contribution is 2.24. The van der Waals surface area contributed by atoms with Crippen LogP contribution in [0.3, 0.4) is 0 Å². The monoisotopic (exact) mass is 271 g/mol. The summed E-state index contributed by atoms with van der Waals surface area (Å²) >= 11 is 6.25. The van der Waals surface area contributed by atoms with Gasteiger partial charge in [0, 0.05) is 23.2 Å². The van der Waals surface area contributed by atoms with Crippen molar-refractivity contribution in [1.82, 2.24) is 3.71 Å². The molecule has 0 atom stereocenters. The van der Waals surface area contributed by atoms with Gasteiger partial charge in [-0.2, -0.15) is 0 Å². The van der Waals surface area contributed by atoms with Crippen molar-refractivity contribution >= 4 is 43.5 Å². The van der Waals surface area contributed by atoms with Crippen LogP contribution in [0.1, 0.15) is 0 Å². The first-order valence-electron chi connectivity index (χ1n) is 3.51. The molecule has 14 heavy (non-hydrogen) atoms. The van der Waals surface area contributed by atoms with Gasteiger partial charge in [-0.3, -0.25) is 0 Å². The fourth-order valence-electron chi connectivity index (χ4n) is 0.792. The second kappa shape index (κ2) is 4.72. The molecule has 3 nitrogen and oxygen atoms in total. The zero-order chi connectivity index (χ0) is 10.8. The molecule has 0 amide bonds. The van der Waals surface area contributed by atoms with Gasteiger partial charge in [-0.05, 0) is 34.9 Å². The third-order valence-electron chi connectivity index (χ3n) is 1.55. The molecule has 0 bridgehead atoms. The Kier molecular flexibility index (Phi) is 4.09. The molecule has 0 aliphatic heterocycles. The van der Waals surface area contributed by atoms with Crippen LogP contribution in [0.2, 0.25) is 5.02 Å². The number of nitrogens with zero attached hydrogens (tertiary/aromatic N) is 1. The van der Waals surface area contributed by atoms with Gasteiger partial charge in [-0.1, -0.05) is 11.6 Å². The molecule has 1 aromatic rings. The van der Waals surface area contributed by atoms with Gasteiger partial charge in [0.1, 0.15) is 0 Å². The average molecular weight is 272 g/mol. The van der Waals surface area contributed by atoms with E-state index in [9.17, 15) is 8.42 Å². The predicted octanol–water partition coefficient (Wildman–Crippen LogP) is 2.76. The Morgan fingerprint density at radius 1 is 1.29 bits per heavy atom. The Balaban J connectivity index is 3.11. The van der Waals surface area contributed by atoms with Gasteiger partial charge >= 0.3 is 0 Å². The van der Waals surface area contributed by atoms with Gasteiger partial charge in [0.25, 0.3) is 10.0 Å². The molecule has 0 saturated carbocycles. The van der Waals surface area contributed by atoms with Crippen LogP contribution in [-0.2, 0) is 10.0 Å². The van der Waals surface area contributed by atoms with E-state index in [1.165, 1.54) is 31.3 Å². The molecule has 1 aromatic carbocycles. The number of rotatable bonds is 3. The highest BCUT2D eigenvalue weighted by atomic mass is 35.7. The Morgan fingerprint density at radius 2 is 1.79 bits per heavy atom. The van der Waals surface area contributed by atoms with Crippen LogP contribution >= 0.6 is 33.4 Å². The maximum Gasteiger partial charge on any atom is 0.252 e. The molecule has 7 heteroatoms. The number of halogens is 2. The Labute approximate surface area is 96.7 Å². The van der Waals surface area contributed by atoms with Crippen molar-refractivity contribution in [3.63, 3.8) is 0 Å². The summed E-state index contributed by atoms with van der Waals surface area (Å²) in [4.78, 5) is 0.164. The van der Waals surface area contributed by atoms with Crippen molar-refractivity contribution in [3.05, 3.63) is 29.3 Å². The standard InChI is InChI=1S/C7H7Cl2NO2S2/c1-10(13-9)14(11,12)7-4-2-6(8)3-5-7/h2-5H,1H3. The van der Waals surface area contributed by atoms with Crippen molar-refractivity contribution in [1.29, 1.82) is 0 Å². The average Bonchev–Trinajstić information content (AvgIpc) is 2.17. The summed E-state index contributed by atoms with van der Waals surface area (Å²) in [6.07, 6.45) is 0. The van der Waals surface area contributed by atoms with Crippen LogP contribution < -0.4 is 0 Å². The largest absolute Gasteiger partial charge is 0.252 e. The fourth-order valence-corrected chi connectivity index (χ4v) is 2.92. The van der Waals surface area contributed by atoms with E-state index in [1.807, 2.05) is 0 Å². The van der Waals surface area contributed by atoms with E-state index < -0.39 is 10.0 Å². The van der Waals surface area contributed by atoms with Crippen molar-refractivity contribution in [2.24, 2.45) is 0 Å². The maximum atomic E-state index is 11.7. The number of sulfonamides is 1.